The van der Waals surface area contributed by atoms with E-state index in [0.29, 0.717) is 22.1 Å². The van der Waals surface area contributed by atoms with Gasteiger partial charge in [0.25, 0.3) is 0 Å². The zero-order valence-corrected chi connectivity index (χ0v) is 9.48. The van der Waals surface area contributed by atoms with Crippen LogP contribution in [0, 0.1) is 11.3 Å². The molecule has 2 rings (SSSR count). The van der Waals surface area contributed by atoms with Gasteiger partial charge in [-0.2, -0.15) is 5.26 Å². The number of ether oxygens (including phenoxy) is 1. The fourth-order valence-corrected chi connectivity index (χ4v) is 1.58. The van der Waals surface area contributed by atoms with Crippen LogP contribution in [-0.2, 0) is 0 Å². The third-order valence-electron chi connectivity index (χ3n) is 2.12. The second-order valence-electron chi connectivity index (χ2n) is 3.33. The lowest BCUT2D eigenvalue weighted by atomic mass is 10.2. The fraction of sp³-hybridized carbons (Fsp3) is 0. The van der Waals surface area contributed by atoms with Crippen molar-refractivity contribution >= 4 is 11.6 Å². The first-order valence-corrected chi connectivity index (χ1v) is 5.24. The van der Waals surface area contributed by atoms with Crippen molar-refractivity contribution in [3.05, 3.63) is 53.1 Å². The van der Waals surface area contributed by atoms with E-state index >= 15 is 0 Å². The summed E-state index contributed by atoms with van der Waals surface area (Å²) in [5.41, 5.74) is 0.348. The van der Waals surface area contributed by atoms with E-state index in [1.807, 2.05) is 6.07 Å². The topological polar surface area (TPSA) is 53.2 Å². The minimum atomic E-state index is 0.0908. The Morgan fingerprint density at radius 1 is 1.18 bits per heavy atom. The number of nitrogens with zero attached hydrogens (tertiary/aromatic N) is 1. The molecular formula is C13H8ClNO2. The number of aromatic hydroxyl groups is 1. The van der Waals surface area contributed by atoms with Gasteiger partial charge < -0.3 is 9.84 Å². The third-order valence-corrected chi connectivity index (χ3v) is 2.42. The maximum atomic E-state index is 9.31. The Kier molecular flexibility index (Phi) is 3.17. The quantitative estimate of drug-likeness (QED) is 0.878. The van der Waals surface area contributed by atoms with Crippen LogP contribution in [0.5, 0.6) is 17.2 Å². The molecule has 0 unspecified atom stereocenters. The molecule has 4 heteroatoms. The van der Waals surface area contributed by atoms with Crippen LogP contribution >= 0.6 is 11.6 Å². The molecule has 0 radical (unpaired) electrons. The van der Waals surface area contributed by atoms with E-state index < -0.39 is 0 Å². The van der Waals surface area contributed by atoms with Crippen molar-refractivity contribution in [1.82, 2.24) is 0 Å². The third kappa shape index (κ3) is 2.49. The standard InChI is InChI=1S/C13H8ClNO2/c14-12-6-1-3-9(8-15)13(12)17-11-5-2-4-10(16)7-11/h1-7,16H. The number of halogens is 1. The summed E-state index contributed by atoms with van der Waals surface area (Å²) >= 11 is 5.96. The van der Waals surface area contributed by atoms with Crippen molar-refractivity contribution in [3.63, 3.8) is 0 Å². The highest BCUT2D eigenvalue weighted by Crippen LogP contribution is 2.33. The lowest BCUT2D eigenvalue weighted by molar-refractivity contribution is 0.454. The molecule has 0 heterocycles. The molecule has 0 spiro atoms. The van der Waals surface area contributed by atoms with Crippen LogP contribution in [0.1, 0.15) is 5.56 Å². The van der Waals surface area contributed by atoms with Gasteiger partial charge in [0.2, 0.25) is 0 Å². The van der Waals surface area contributed by atoms with Gasteiger partial charge in [-0.3, -0.25) is 0 Å². The zero-order valence-electron chi connectivity index (χ0n) is 8.72. The van der Waals surface area contributed by atoms with Gasteiger partial charge in [-0.25, -0.2) is 0 Å². The average molecular weight is 246 g/mol. The smallest absolute Gasteiger partial charge is 0.163 e. The van der Waals surface area contributed by atoms with Crippen molar-refractivity contribution in [1.29, 1.82) is 5.26 Å². The second-order valence-corrected chi connectivity index (χ2v) is 3.73. The number of hydrogen-bond donors (Lipinski definition) is 1. The largest absolute Gasteiger partial charge is 0.508 e. The first-order chi connectivity index (χ1) is 8.20. The Morgan fingerprint density at radius 3 is 2.65 bits per heavy atom. The van der Waals surface area contributed by atoms with E-state index in [4.69, 9.17) is 21.6 Å². The summed E-state index contributed by atoms with van der Waals surface area (Å²) in [6.45, 7) is 0. The Hall–Kier alpha value is -2.18. The van der Waals surface area contributed by atoms with Gasteiger partial charge in [-0.05, 0) is 24.3 Å². The number of para-hydroxylation sites is 1. The first-order valence-electron chi connectivity index (χ1n) is 4.86. The van der Waals surface area contributed by atoms with Gasteiger partial charge in [0, 0.05) is 6.07 Å². The van der Waals surface area contributed by atoms with Gasteiger partial charge >= 0.3 is 0 Å². The van der Waals surface area contributed by atoms with Crippen LogP contribution in [0.15, 0.2) is 42.5 Å². The molecule has 0 fully saturated rings. The lowest BCUT2D eigenvalue weighted by Gasteiger charge is -2.09. The molecule has 0 aliphatic heterocycles. The van der Waals surface area contributed by atoms with Crippen molar-refractivity contribution in [3.8, 4) is 23.3 Å². The molecule has 0 bridgehead atoms. The molecule has 1 N–H and O–H groups in total. The molecule has 2 aromatic rings. The predicted octanol–water partition coefficient (Wildman–Crippen LogP) is 3.71. The van der Waals surface area contributed by atoms with E-state index in [1.165, 1.54) is 12.1 Å². The summed E-state index contributed by atoms with van der Waals surface area (Å²) in [5.74, 6) is 0.810. The molecule has 17 heavy (non-hydrogen) atoms. The number of hydrogen-bond acceptors (Lipinski definition) is 3. The van der Waals surface area contributed by atoms with Crippen molar-refractivity contribution < 1.29 is 9.84 Å². The van der Waals surface area contributed by atoms with Crippen LogP contribution in [0.3, 0.4) is 0 Å². The Morgan fingerprint density at radius 2 is 1.94 bits per heavy atom. The Balaban J connectivity index is 2.40. The maximum absolute atomic E-state index is 9.31. The Labute approximate surface area is 103 Å². The summed E-state index contributed by atoms with van der Waals surface area (Å²) in [6.07, 6.45) is 0. The zero-order chi connectivity index (χ0) is 12.3. The predicted molar refractivity (Wildman–Crippen MR) is 64.3 cm³/mol. The Bertz CT molecular complexity index is 590. The summed E-state index contributed by atoms with van der Waals surface area (Å²) in [6, 6.07) is 13.2. The van der Waals surface area contributed by atoms with Crippen LogP contribution in [-0.4, -0.2) is 5.11 Å². The molecule has 0 atom stereocenters. The summed E-state index contributed by atoms with van der Waals surface area (Å²) in [7, 11) is 0. The van der Waals surface area contributed by atoms with Crippen LogP contribution in [0.4, 0.5) is 0 Å². The minimum Gasteiger partial charge on any atom is -0.508 e. The van der Waals surface area contributed by atoms with Gasteiger partial charge in [-0.1, -0.05) is 23.7 Å². The summed E-state index contributed by atoms with van der Waals surface area (Å²) < 4.78 is 5.50. The molecular weight excluding hydrogens is 238 g/mol. The van der Waals surface area contributed by atoms with E-state index in [2.05, 4.69) is 0 Å². The molecule has 0 saturated heterocycles. The van der Waals surface area contributed by atoms with E-state index in [9.17, 15) is 5.11 Å². The monoisotopic (exact) mass is 245 g/mol. The second kappa shape index (κ2) is 4.77. The van der Waals surface area contributed by atoms with Crippen molar-refractivity contribution in [2.24, 2.45) is 0 Å². The van der Waals surface area contributed by atoms with Gasteiger partial charge in [0.05, 0.1) is 10.6 Å². The minimum absolute atomic E-state index is 0.0908. The maximum Gasteiger partial charge on any atom is 0.163 e. The van der Waals surface area contributed by atoms with Crippen LogP contribution in [0.2, 0.25) is 5.02 Å². The highest BCUT2D eigenvalue weighted by molar-refractivity contribution is 6.32. The van der Waals surface area contributed by atoms with Gasteiger partial charge in [-0.15, -0.1) is 0 Å². The molecule has 3 nitrogen and oxygen atoms in total. The van der Waals surface area contributed by atoms with E-state index in [-0.39, 0.29) is 5.75 Å². The number of benzene rings is 2. The number of nitriles is 1. The van der Waals surface area contributed by atoms with Crippen molar-refractivity contribution in [2.75, 3.05) is 0 Å². The molecule has 0 saturated carbocycles. The van der Waals surface area contributed by atoms with Crippen LogP contribution in [0.25, 0.3) is 0 Å². The highest BCUT2D eigenvalue weighted by Gasteiger charge is 2.09. The average Bonchev–Trinajstić information content (AvgIpc) is 2.32. The van der Waals surface area contributed by atoms with Gasteiger partial charge in [0.1, 0.15) is 17.6 Å². The summed E-state index contributed by atoms with van der Waals surface area (Å²) in [4.78, 5) is 0. The van der Waals surface area contributed by atoms with E-state index in [1.54, 1.807) is 30.3 Å². The molecule has 0 aromatic heterocycles. The summed E-state index contributed by atoms with van der Waals surface area (Å²) in [5, 5.41) is 18.6. The molecule has 0 aliphatic rings. The SMILES string of the molecule is N#Cc1cccc(Cl)c1Oc1cccc(O)c1. The number of phenols is 1. The molecule has 84 valence electrons. The molecule has 0 aliphatic carbocycles. The first kappa shape index (κ1) is 11.3. The number of rotatable bonds is 2. The lowest BCUT2D eigenvalue weighted by Crippen LogP contribution is -1.89. The fourth-order valence-electron chi connectivity index (χ4n) is 1.37. The number of phenolic OH excluding ortho intramolecular Hbond substituents is 1. The normalized spacial score (nSPS) is 9.65. The molecule has 2 aromatic carbocycles. The van der Waals surface area contributed by atoms with Crippen molar-refractivity contribution in [2.45, 2.75) is 0 Å². The molecule has 0 amide bonds. The van der Waals surface area contributed by atoms with E-state index in [0.717, 1.165) is 0 Å². The highest BCUT2D eigenvalue weighted by atomic mass is 35.5. The van der Waals surface area contributed by atoms with Gasteiger partial charge in [0.15, 0.2) is 5.75 Å². The van der Waals surface area contributed by atoms with Crippen LogP contribution < -0.4 is 4.74 Å².